The minimum atomic E-state index is -0.637. The summed E-state index contributed by atoms with van der Waals surface area (Å²) in [6.07, 6.45) is 0. The van der Waals surface area contributed by atoms with Gasteiger partial charge in [0.2, 0.25) is 0 Å². The fourth-order valence-corrected chi connectivity index (χ4v) is 1.83. The molecule has 0 aromatic heterocycles. The largest absolute Gasteiger partial charge is 0.493 e. The van der Waals surface area contributed by atoms with E-state index in [1.54, 1.807) is 18.2 Å². The van der Waals surface area contributed by atoms with Crippen LogP contribution in [-0.4, -0.2) is 20.1 Å². The molecule has 21 heavy (non-hydrogen) atoms. The summed E-state index contributed by atoms with van der Waals surface area (Å²) in [5.74, 6) is -0.233. The summed E-state index contributed by atoms with van der Waals surface area (Å²) in [7, 11) is 3.00. The first-order chi connectivity index (χ1) is 10.0. The topological polar surface area (TPSA) is 73.6 Å². The third kappa shape index (κ3) is 3.22. The van der Waals surface area contributed by atoms with Gasteiger partial charge in [-0.15, -0.1) is 0 Å². The van der Waals surface area contributed by atoms with Gasteiger partial charge >= 0.3 is 0 Å². The molecule has 0 saturated heterocycles. The lowest BCUT2D eigenvalue weighted by Crippen LogP contribution is -2.14. The van der Waals surface area contributed by atoms with Crippen LogP contribution in [0.1, 0.15) is 10.4 Å². The van der Waals surface area contributed by atoms with E-state index in [1.165, 1.54) is 26.4 Å². The van der Waals surface area contributed by atoms with Crippen LogP contribution in [0.4, 0.5) is 15.8 Å². The van der Waals surface area contributed by atoms with Crippen molar-refractivity contribution in [3.63, 3.8) is 0 Å². The molecule has 0 unspecified atom stereocenters. The molecule has 0 aliphatic heterocycles. The predicted molar refractivity (Wildman–Crippen MR) is 78.3 cm³/mol. The molecule has 2 aromatic rings. The molecule has 0 bridgehead atoms. The maximum atomic E-state index is 13.6. The van der Waals surface area contributed by atoms with Crippen LogP contribution in [0.25, 0.3) is 0 Å². The maximum Gasteiger partial charge on any atom is 0.258 e. The van der Waals surface area contributed by atoms with Crippen LogP contribution < -0.4 is 20.5 Å². The molecule has 0 saturated carbocycles. The van der Waals surface area contributed by atoms with Gasteiger partial charge in [0, 0.05) is 17.4 Å². The molecule has 2 aromatic carbocycles. The Morgan fingerprint density at radius 3 is 2.48 bits per heavy atom. The van der Waals surface area contributed by atoms with Crippen molar-refractivity contribution >= 4 is 17.3 Å². The lowest BCUT2D eigenvalue weighted by atomic mass is 10.1. The Morgan fingerprint density at radius 1 is 1.10 bits per heavy atom. The van der Waals surface area contributed by atoms with Crippen molar-refractivity contribution in [2.24, 2.45) is 0 Å². The van der Waals surface area contributed by atoms with E-state index in [0.717, 1.165) is 6.07 Å². The molecule has 0 spiro atoms. The van der Waals surface area contributed by atoms with Gasteiger partial charge in [-0.1, -0.05) is 0 Å². The van der Waals surface area contributed by atoms with Crippen molar-refractivity contribution in [1.82, 2.24) is 0 Å². The smallest absolute Gasteiger partial charge is 0.258 e. The second kappa shape index (κ2) is 6.13. The number of hydrogen-bond acceptors (Lipinski definition) is 4. The van der Waals surface area contributed by atoms with Gasteiger partial charge in [0.05, 0.1) is 19.8 Å². The lowest BCUT2D eigenvalue weighted by Gasteiger charge is -2.11. The Balaban J connectivity index is 2.25. The number of hydrogen-bond donors (Lipinski definition) is 2. The summed E-state index contributed by atoms with van der Waals surface area (Å²) < 4.78 is 23.9. The molecule has 0 fully saturated rings. The minimum Gasteiger partial charge on any atom is -0.493 e. The molecule has 1 amide bonds. The van der Waals surface area contributed by atoms with Gasteiger partial charge in [0.15, 0.2) is 11.5 Å². The van der Waals surface area contributed by atoms with Crippen LogP contribution in [0.3, 0.4) is 0 Å². The van der Waals surface area contributed by atoms with Crippen LogP contribution in [0.5, 0.6) is 11.5 Å². The zero-order valence-electron chi connectivity index (χ0n) is 11.6. The quantitative estimate of drug-likeness (QED) is 0.849. The number of halogens is 1. The first-order valence-corrected chi connectivity index (χ1v) is 6.13. The lowest BCUT2D eigenvalue weighted by molar-refractivity contribution is 0.102. The van der Waals surface area contributed by atoms with Gasteiger partial charge in [-0.3, -0.25) is 4.79 Å². The maximum absolute atomic E-state index is 13.6. The van der Waals surface area contributed by atoms with E-state index in [-0.39, 0.29) is 5.56 Å². The van der Waals surface area contributed by atoms with Crippen molar-refractivity contribution in [2.75, 3.05) is 25.3 Å². The molecule has 0 heterocycles. The van der Waals surface area contributed by atoms with Gasteiger partial charge in [0.1, 0.15) is 5.82 Å². The average molecular weight is 290 g/mol. The first-order valence-electron chi connectivity index (χ1n) is 6.13. The summed E-state index contributed by atoms with van der Waals surface area (Å²) in [4.78, 5) is 12.1. The van der Waals surface area contributed by atoms with Crippen LogP contribution in [0.15, 0.2) is 36.4 Å². The van der Waals surface area contributed by atoms with Gasteiger partial charge < -0.3 is 20.5 Å². The van der Waals surface area contributed by atoms with Gasteiger partial charge in [0.25, 0.3) is 5.91 Å². The summed E-state index contributed by atoms with van der Waals surface area (Å²) in [5, 5.41) is 2.58. The summed E-state index contributed by atoms with van der Waals surface area (Å²) in [6, 6.07) is 8.68. The Morgan fingerprint density at radius 2 is 1.81 bits per heavy atom. The van der Waals surface area contributed by atoms with E-state index in [4.69, 9.17) is 15.2 Å². The fourth-order valence-electron chi connectivity index (χ4n) is 1.83. The molecule has 0 radical (unpaired) electrons. The first kappa shape index (κ1) is 14.6. The third-order valence-electron chi connectivity index (χ3n) is 2.88. The molecule has 6 heteroatoms. The Labute approximate surface area is 121 Å². The monoisotopic (exact) mass is 290 g/mol. The molecule has 110 valence electrons. The SMILES string of the molecule is COc1ccc(NC(=O)c2cc(N)ccc2F)cc1OC. The normalized spacial score (nSPS) is 10.0. The molecule has 0 atom stereocenters. The minimum absolute atomic E-state index is 0.121. The van der Waals surface area contributed by atoms with Gasteiger partial charge in [-0.25, -0.2) is 4.39 Å². The number of rotatable bonds is 4. The van der Waals surface area contributed by atoms with Crippen molar-refractivity contribution < 1.29 is 18.7 Å². The number of nitrogens with two attached hydrogens (primary N) is 1. The Bertz CT molecular complexity index is 674. The third-order valence-corrected chi connectivity index (χ3v) is 2.88. The van der Waals surface area contributed by atoms with E-state index in [2.05, 4.69) is 5.32 Å². The number of benzene rings is 2. The van der Waals surface area contributed by atoms with E-state index >= 15 is 0 Å². The summed E-state index contributed by atoms with van der Waals surface area (Å²) in [5.41, 5.74) is 6.21. The molecule has 0 aliphatic carbocycles. The standard InChI is InChI=1S/C15H15FN2O3/c1-20-13-6-4-10(8-14(13)21-2)18-15(19)11-7-9(17)3-5-12(11)16/h3-8H,17H2,1-2H3,(H,18,19). The molecule has 2 rings (SSSR count). The zero-order chi connectivity index (χ0) is 15.4. The number of ether oxygens (including phenoxy) is 2. The number of nitrogen functional groups attached to an aromatic ring is 1. The molecule has 0 aliphatic rings. The van der Waals surface area contributed by atoms with E-state index in [1.807, 2.05) is 0 Å². The van der Waals surface area contributed by atoms with Crippen LogP contribution in [0, 0.1) is 5.82 Å². The highest BCUT2D eigenvalue weighted by Gasteiger charge is 2.13. The average Bonchev–Trinajstić information content (AvgIpc) is 2.49. The fraction of sp³-hybridized carbons (Fsp3) is 0.133. The van der Waals surface area contributed by atoms with Crippen molar-refractivity contribution in [1.29, 1.82) is 0 Å². The van der Waals surface area contributed by atoms with E-state index in [0.29, 0.717) is 22.9 Å². The Kier molecular flexibility index (Phi) is 4.27. The molecular weight excluding hydrogens is 275 g/mol. The van der Waals surface area contributed by atoms with Gasteiger partial charge in [-0.05, 0) is 30.3 Å². The van der Waals surface area contributed by atoms with Crippen LogP contribution >= 0.6 is 0 Å². The molecule has 3 N–H and O–H groups in total. The number of amides is 1. The van der Waals surface area contributed by atoms with Gasteiger partial charge in [-0.2, -0.15) is 0 Å². The highest BCUT2D eigenvalue weighted by atomic mass is 19.1. The highest BCUT2D eigenvalue weighted by Crippen LogP contribution is 2.30. The number of methoxy groups -OCH3 is 2. The number of anilines is 2. The van der Waals surface area contributed by atoms with Crippen LogP contribution in [-0.2, 0) is 0 Å². The number of carbonyl (C=O) groups excluding carboxylic acids is 1. The number of carbonyl (C=O) groups is 1. The predicted octanol–water partition coefficient (Wildman–Crippen LogP) is 2.68. The van der Waals surface area contributed by atoms with Crippen molar-refractivity contribution in [2.45, 2.75) is 0 Å². The zero-order valence-corrected chi connectivity index (χ0v) is 11.6. The Hall–Kier alpha value is -2.76. The molecule has 5 nitrogen and oxygen atoms in total. The van der Waals surface area contributed by atoms with E-state index in [9.17, 15) is 9.18 Å². The summed E-state index contributed by atoms with van der Waals surface area (Å²) >= 11 is 0. The molecular formula is C15H15FN2O3. The van der Waals surface area contributed by atoms with Crippen molar-refractivity contribution in [3.8, 4) is 11.5 Å². The van der Waals surface area contributed by atoms with E-state index < -0.39 is 11.7 Å². The second-order valence-electron chi connectivity index (χ2n) is 4.26. The highest BCUT2D eigenvalue weighted by molar-refractivity contribution is 6.05. The number of nitrogens with one attached hydrogen (secondary N) is 1. The second-order valence-corrected chi connectivity index (χ2v) is 4.26. The summed E-state index contributed by atoms with van der Waals surface area (Å²) in [6.45, 7) is 0. The van der Waals surface area contributed by atoms with Crippen LogP contribution in [0.2, 0.25) is 0 Å². The van der Waals surface area contributed by atoms with Crippen molar-refractivity contribution in [3.05, 3.63) is 47.8 Å².